The Morgan fingerprint density at radius 1 is 1.03 bits per heavy atom. The lowest BCUT2D eigenvalue weighted by molar-refractivity contribution is -0.123. The highest BCUT2D eigenvalue weighted by Gasteiger charge is 2.67. The van der Waals surface area contributed by atoms with Crippen LogP contribution in [0.3, 0.4) is 0 Å². The lowest BCUT2D eigenvalue weighted by atomic mass is 10.1. The van der Waals surface area contributed by atoms with Gasteiger partial charge in [-0.3, -0.25) is 9.59 Å². The number of hydrogen-bond acceptors (Lipinski definition) is 2. The summed E-state index contributed by atoms with van der Waals surface area (Å²) >= 11 is 24.1. The van der Waals surface area contributed by atoms with Gasteiger partial charge in [0.05, 0.1) is 16.5 Å². The molecule has 178 valence electrons. The maximum absolute atomic E-state index is 13.1. The van der Waals surface area contributed by atoms with Crippen molar-refractivity contribution in [3.8, 4) is 0 Å². The van der Waals surface area contributed by atoms with Gasteiger partial charge in [-0.25, -0.2) is 8.78 Å². The molecule has 0 spiro atoms. The summed E-state index contributed by atoms with van der Waals surface area (Å²) in [5.74, 6) is -3.65. The lowest BCUT2D eigenvalue weighted by Gasteiger charge is -2.11. The molecule has 1 saturated carbocycles. The summed E-state index contributed by atoms with van der Waals surface area (Å²) in [5, 5.41) is 3.85. The first-order valence-electron chi connectivity index (χ1n) is 9.13. The van der Waals surface area contributed by atoms with Crippen LogP contribution in [0.2, 0.25) is 10.0 Å². The van der Waals surface area contributed by atoms with Gasteiger partial charge in [0.1, 0.15) is 10.9 Å². The summed E-state index contributed by atoms with van der Waals surface area (Å²) in [6.07, 6.45) is -7.47. The molecule has 3 rings (SSSR count). The summed E-state index contributed by atoms with van der Waals surface area (Å²) in [5.41, 5.74) is -0.409. The number of carbonyl (C=O) groups excluding carboxylic acids is 2. The first-order chi connectivity index (χ1) is 15.2. The van der Waals surface area contributed by atoms with Gasteiger partial charge in [0.15, 0.2) is 0 Å². The minimum absolute atomic E-state index is 0.0423. The van der Waals surface area contributed by atoms with E-state index in [2.05, 4.69) is 5.32 Å². The number of benzene rings is 2. The third-order valence-corrected chi connectivity index (χ3v) is 6.49. The average Bonchev–Trinajstić information content (AvgIpc) is 3.29. The van der Waals surface area contributed by atoms with E-state index in [0.717, 1.165) is 12.1 Å². The third kappa shape index (κ3) is 5.82. The van der Waals surface area contributed by atoms with Crippen LogP contribution in [0.25, 0.3) is 0 Å². The van der Waals surface area contributed by atoms with Crippen LogP contribution in [-0.4, -0.2) is 28.9 Å². The first kappa shape index (κ1) is 25.8. The largest absolute Gasteiger partial charge is 0.405 e. The molecule has 4 nitrogen and oxygen atoms in total. The molecular formula is C20H13Cl4F5N2O2. The molecule has 1 aliphatic carbocycles. The molecule has 33 heavy (non-hydrogen) atoms. The summed E-state index contributed by atoms with van der Waals surface area (Å²) in [4.78, 5) is 24.8. The number of amides is 2. The monoisotopic (exact) mass is 548 g/mol. The quantitative estimate of drug-likeness (QED) is 0.309. The second kappa shape index (κ2) is 9.44. The van der Waals surface area contributed by atoms with Crippen LogP contribution >= 0.6 is 46.4 Å². The van der Waals surface area contributed by atoms with E-state index in [-0.39, 0.29) is 26.9 Å². The Balaban J connectivity index is 1.76. The van der Waals surface area contributed by atoms with Gasteiger partial charge in [0, 0.05) is 22.2 Å². The molecule has 13 heteroatoms. The third-order valence-electron chi connectivity index (χ3n) is 4.88. The van der Waals surface area contributed by atoms with Gasteiger partial charge >= 0.3 is 6.18 Å². The Kier molecular flexibility index (Phi) is 7.39. The molecule has 2 aromatic rings. The Hall–Kier alpha value is -1.81. The van der Waals surface area contributed by atoms with Gasteiger partial charge in [-0.05, 0) is 35.9 Å². The number of anilines is 1. The average molecular weight is 550 g/mol. The Morgan fingerprint density at radius 2 is 1.67 bits per heavy atom. The van der Waals surface area contributed by atoms with Crippen LogP contribution in [0.4, 0.5) is 27.6 Å². The van der Waals surface area contributed by atoms with Gasteiger partial charge < -0.3 is 10.6 Å². The molecule has 0 aliphatic heterocycles. The van der Waals surface area contributed by atoms with Gasteiger partial charge in [-0.15, -0.1) is 23.2 Å². The fourth-order valence-corrected chi connectivity index (χ4v) is 4.49. The standard InChI is InChI=1S/C20H13Cl4F5N2O2/c21-12-3-1-8(5-10(12)16(25)26)14-15(20(14,23)24)18(33)31-9-2-4-13(22)11(6-9)17(32)30-7-19(27,28)29/h1-6,14-16H,7H2,(H,30,32)(H,31,33)/t14-,15+/m1/s1. The maximum atomic E-state index is 13.1. The summed E-state index contributed by atoms with van der Waals surface area (Å²) in [6, 6.07) is 7.42. The summed E-state index contributed by atoms with van der Waals surface area (Å²) in [7, 11) is 0. The molecule has 2 aromatic carbocycles. The van der Waals surface area contributed by atoms with Crippen LogP contribution in [0.15, 0.2) is 36.4 Å². The number of carbonyl (C=O) groups is 2. The predicted molar refractivity (Wildman–Crippen MR) is 116 cm³/mol. The van der Waals surface area contributed by atoms with Crippen molar-refractivity contribution < 1.29 is 31.5 Å². The second-order valence-corrected chi connectivity index (χ2v) is 9.45. The highest BCUT2D eigenvalue weighted by molar-refractivity contribution is 6.53. The zero-order valence-corrected chi connectivity index (χ0v) is 19.1. The fourth-order valence-electron chi connectivity index (χ4n) is 3.26. The van der Waals surface area contributed by atoms with Crippen molar-refractivity contribution >= 4 is 63.9 Å². The Labute approximate surface area is 204 Å². The van der Waals surface area contributed by atoms with Crippen LogP contribution in [0.5, 0.6) is 0 Å². The molecule has 0 bridgehead atoms. The molecule has 0 radical (unpaired) electrons. The van der Waals surface area contributed by atoms with Crippen molar-refractivity contribution in [3.05, 3.63) is 63.1 Å². The molecule has 1 fully saturated rings. The van der Waals surface area contributed by atoms with Crippen molar-refractivity contribution in [1.29, 1.82) is 0 Å². The van der Waals surface area contributed by atoms with Crippen LogP contribution in [0, 0.1) is 5.92 Å². The molecule has 2 N–H and O–H groups in total. The molecule has 0 saturated heterocycles. The van der Waals surface area contributed by atoms with Crippen molar-refractivity contribution in [2.24, 2.45) is 5.92 Å². The highest BCUT2D eigenvalue weighted by atomic mass is 35.5. The van der Waals surface area contributed by atoms with Crippen LogP contribution in [-0.2, 0) is 4.79 Å². The Bertz CT molecular complexity index is 1090. The van der Waals surface area contributed by atoms with E-state index < -0.39 is 52.7 Å². The number of nitrogens with one attached hydrogen (secondary N) is 2. The predicted octanol–water partition coefficient (Wildman–Crippen LogP) is 6.75. The number of rotatable bonds is 6. The smallest absolute Gasteiger partial charge is 0.343 e. The van der Waals surface area contributed by atoms with Crippen molar-refractivity contribution in [1.82, 2.24) is 5.32 Å². The fraction of sp³-hybridized carbons (Fsp3) is 0.300. The van der Waals surface area contributed by atoms with Crippen LogP contribution in [0.1, 0.15) is 33.8 Å². The zero-order chi connectivity index (χ0) is 24.7. The van der Waals surface area contributed by atoms with Gasteiger partial charge in [-0.1, -0.05) is 29.3 Å². The normalized spacial score (nSPS) is 19.3. The first-order valence-corrected chi connectivity index (χ1v) is 10.6. The van der Waals surface area contributed by atoms with Crippen molar-refractivity contribution in [2.75, 3.05) is 11.9 Å². The topological polar surface area (TPSA) is 58.2 Å². The Morgan fingerprint density at radius 3 is 2.27 bits per heavy atom. The summed E-state index contributed by atoms with van der Waals surface area (Å²) in [6.45, 7) is -1.56. The van der Waals surface area contributed by atoms with E-state index in [0.29, 0.717) is 0 Å². The minimum atomic E-state index is -4.62. The number of alkyl halides is 7. The minimum Gasteiger partial charge on any atom is -0.343 e. The molecule has 1 aliphatic rings. The van der Waals surface area contributed by atoms with E-state index in [1.807, 2.05) is 0 Å². The number of halogens is 9. The summed E-state index contributed by atoms with van der Waals surface area (Å²) < 4.78 is 61.7. The van der Waals surface area contributed by atoms with E-state index >= 15 is 0 Å². The SMILES string of the molecule is O=C(NCC(F)(F)F)c1cc(NC(=O)[C@@H]2[C@@H](c3ccc(Cl)c(C(F)F)c3)C2(Cl)Cl)ccc1Cl. The van der Waals surface area contributed by atoms with E-state index in [1.165, 1.54) is 24.3 Å². The molecule has 2 amide bonds. The molecule has 0 heterocycles. The zero-order valence-electron chi connectivity index (χ0n) is 16.1. The second-order valence-electron chi connectivity index (χ2n) is 7.19. The molecule has 0 aromatic heterocycles. The van der Waals surface area contributed by atoms with E-state index in [4.69, 9.17) is 46.4 Å². The van der Waals surface area contributed by atoms with Crippen LogP contribution < -0.4 is 10.6 Å². The maximum Gasteiger partial charge on any atom is 0.405 e. The van der Waals surface area contributed by atoms with Gasteiger partial charge in [0.25, 0.3) is 12.3 Å². The van der Waals surface area contributed by atoms with Crippen molar-refractivity contribution in [3.63, 3.8) is 0 Å². The highest BCUT2D eigenvalue weighted by Crippen LogP contribution is 2.65. The van der Waals surface area contributed by atoms with Gasteiger partial charge in [-0.2, -0.15) is 13.2 Å². The number of hydrogen-bond donors (Lipinski definition) is 2. The molecule has 2 atom stereocenters. The molecular weight excluding hydrogens is 537 g/mol. The van der Waals surface area contributed by atoms with Gasteiger partial charge in [0.2, 0.25) is 5.91 Å². The van der Waals surface area contributed by atoms with E-state index in [9.17, 15) is 31.5 Å². The van der Waals surface area contributed by atoms with Crippen molar-refractivity contribution in [2.45, 2.75) is 22.9 Å². The molecule has 0 unspecified atom stereocenters. The van der Waals surface area contributed by atoms with E-state index in [1.54, 1.807) is 5.32 Å². The lowest BCUT2D eigenvalue weighted by Crippen LogP contribution is -2.33.